The minimum Gasteiger partial charge on any atom is -0.504 e. The Morgan fingerprint density at radius 1 is 0.614 bits per heavy atom. The van der Waals surface area contributed by atoms with Crippen molar-refractivity contribution in [2.75, 3.05) is 0 Å². The van der Waals surface area contributed by atoms with Crippen molar-refractivity contribution in [2.24, 2.45) is 0 Å². The van der Waals surface area contributed by atoms with Gasteiger partial charge in [0.1, 0.15) is 0 Å². The standard InChI is InChI=1S/C26H20O18/c27-8-1-5(2-9(28)14(8)31)22(38)42-25-19(36)21-20(37)26(44-25)43-24(40)7-4-11(30)16(33)18(35)13(7)12-6(23(39)41-21)3-10(29)15(32)17(12)34/h1-4,19-21,25-37H. The fourth-order valence-electron chi connectivity index (χ4n) is 4.51. The number of ether oxygens (including phenoxy) is 4. The summed E-state index contributed by atoms with van der Waals surface area (Å²) in [5.74, 6) is -14.9. The number of aliphatic hydroxyl groups is 2. The predicted molar refractivity (Wildman–Crippen MR) is 134 cm³/mol. The van der Waals surface area contributed by atoms with Crippen molar-refractivity contribution >= 4 is 17.9 Å². The van der Waals surface area contributed by atoms with E-state index in [1.807, 2.05) is 0 Å². The number of esters is 3. The number of carbonyl (C=O) groups is 3. The largest absolute Gasteiger partial charge is 0.504 e. The third-order valence-corrected chi connectivity index (χ3v) is 6.69. The Morgan fingerprint density at radius 2 is 1.07 bits per heavy atom. The fraction of sp³-hybridized carbons (Fsp3) is 0.192. The van der Waals surface area contributed by atoms with E-state index in [4.69, 9.17) is 18.9 Å². The molecule has 5 unspecified atom stereocenters. The molecule has 1 fully saturated rings. The molecule has 18 nitrogen and oxygen atoms in total. The van der Waals surface area contributed by atoms with Gasteiger partial charge in [0.05, 0.1) is 16.7 Å². The van der Waals surface area contributed by atoms with Crippen molar-refractivity contribution < 1.29 is 89.5 Å². The molecule has 5 atom stereocenters. The van der Waals surface area contributed by atoms with Crippen LogP contribution in [0, 0.1) is 0 Å². The smallest absolute Gasteiger partial charge is 0.341 e. The molecule has 2 bridgehead atoms. The molecule has 11 N–H and O–H groups in total. The molecule has 0 amide bonds. The average Bonchev–Trinajstić information content (AvgIpc) is 2.97. The Balaban J connectivity index is 1.64. The molecule has 3 aromatic rings. The van der Waals surface area contributed by atoms with Crippen LogP contribution in [-0.4, -0.2) is 105 Å². The van der Waals surface area contributed by atoms with E-state index in [1.54, 1.807) is 0 Å². The molecule has 2 aliphatic heterocycles. The van der Waals surface area contributed by atoms with E-state index in [0.29, 0.717) is 24.3 Å². The van der Waals surface area contributed by atoms with Crippen molar-refractivity contribution in [2.45, 2.75) is 30.9 Å². The van der Waals surface area contributed by atoms with Crippen LogP contribution in [0.3, 0.4) is 0 Å². The van der Waals surface area contributed by atoms with Crippen LogP contribution in [0.2, 0.25) is 0 Å². The number of benzene rings is 3. The minimum atomic E-state index is -2.28. The number of hydrogen-bond donors (Lipinski definition) is 11. The van der Waals surface area contributed by atoms with Gasteiger partial charge >= 0.3 is 17.9 Å². The lowest BCUT2D eigenvalue weighted by Gasteiger charge is -2.40. The Labute approximate surface area is 242 Å². The zero-order valence-electron chi connectivity index (χ0n) is 21.5. The third kappa shape index (κ3) is 4.64. The molecule has 3 aromatic carbocycles. The second-order valence-electron chi connectivity index (χ2n) is 9.43. The van der Waals surface area contributed by atoms with Gasteiger partial charge in [-0.05, 0) is 24.3 Å². The summed E-state index contributed by atoms with van der Waals surface area (Å²) in [7, 11) is 0. The maximum absolute atomic E-state index is 13.4. The number of phenols is 9. The number of rotatable bonds is 2. The third-order valence-electron chi connectivity index (χ3n) is 6.69. The van der Waals surface area contributed by atoms with Crippen molar-refractivity contribution in [3.05, 3.63) is 41.0 Å². The van der Waals surface area contributed by atoms with Crippen LogP contribution in [0.4, 0.5) is 0 Å². The van der Waals surface area contributed by atoms with E-state index in [2.05, 4.69) is 0 Å². The van der Waals surface area contributed by atoms with Crippen LogP contribution in [0.25, 0.3) is 11.1 Å². The Morgan fingerprint density at radius 3 is 1.57 bits per heavy atom. The Bertz CT molecular complexity index is 1710. The molecule has 2 aliphatic rings. The van der Waals surface area contributed by atoms with Crippen molar-refractivity contribution in [3.8, 4) is 62.9 Å². The van der Waals surface area contributed by atoms with Crippen molar-refractivity contribution in [3.63, 3.8) is 0 Å². The fourth-order valence-corrected chi connectivity index (χ4v) is 4.51. The van der Waals surface area contributed by atoms with Gasteiger partial charge in [-0.2, -0.15) is 0 Å². The summed E-state index contributed by atoms with van der Waals surface area (Å²) >= 11 is 0. The van der Waals surface area contributed by atoms with Gasteiger partial charge in [-0.1, -0.05) is 0 Å². The molecule has 5 rings (SSSR count). The normalized spacial score (nSPS) is 22.9. The first-order valence-electron chi connectivity index (χ1n) is 12.1. The first-order chi connectivity index (χ1) is 20.6. The second kappa shape index (κ2) is 10.5. The topological polar surface area (TPSA) is 311 Å². The van der Waals surface area contributed by atoms with E-state index < -0.39 is 128 Å². The maximum Gasteiger partial charge on any atom is 0.341 e. The number of aromatic hydroxyl groups is 9. The van der Waals surface area contributed by atoms with Gasteiger partial charge in [-0.25, -0.2) is 14.4 Å². The lowest BCUT2D eigenvalue weighted by Crippen LogP contribution is -2.60. The van der Waals surface area contributed by atoms with E-state index in [0.717, 1.165) is 0 Å². The molecule has 0 radical (unpaired) electrons. The monoisotopic (exact) mass is 620 g/mol. The highest BCUT2D eigenvalue weighted by molar-refractivity contribution is 6.08. The highest BCUT2D eigenvalue weighted by Crippen LogP contribution is 2.53. The number of phenolic OH excluding ortho intramolecular Hbond substituents is 9. The van der Waals surface area contributed by atoms with Gasteiger partial charge in [-0.3, -0.25) is 4.74 Å². The quantitative estimate of drug-likeness (QED) is 0.0991. The van der Waals surface area contributed by atoms with Crippen LogP contribution >= 0.6 is 0 Å². The van der Waals surface area contributed by atoms with E-state index >= 15 is 0 Å². The molecule has 0 aliphatic carbocycles. The zero-order valence-corrected chi connectivity index (χ0v) is 21.5. The molecular formula is C26H20O18. The van der Waals surface area contributed by atoms with Crippen molar-refractivity contribution in [1.82, 2.24) is 0 Å². The lowest BCUT2D eigenvalue weighted by molar-refractivity contribution is -0.324. The van der Waals surface area contributed by atoms with E-state index in [9.17, 15) is 70.6 Å². The zero-order chi connectivity index (χ0) is 32.4. The summed E-state index contributed by atoms with van der Waals surface area (Å²) < 4.78 is 20.5. The highest BCUT2D eigenvalue weighted by Gasteiger charge is 2.51. The molecule has 0 aromatic heterocycles. The number of hydrogen-bond acceptors (Lipinski definition) is 18. The van der Waals surface area contributed by atoms with Crippen LogP contribution in [0.5, 0.6) is 51.7 Å². The molecule has 2 heterocycles. The second-order valence-corrected chi connectivity index (χ2v) is 9.43. The molecule has 0 saturated carbocycles. The predicted octanol–water partition coefficient (Wildman–Crippen LogP) is -0.339. The maximum atomic E-state index is 13.4. The average molecular weight is 620 g/mol. The summed E-state index contributed by atoms with van der Waals surface area (Å²) in [5.41, 5.74) is -4.33. The summed E-state index contributed by atoms with van der Waals surface area (Å²) in [6.07, 6.45) is -11.2. The molecule has 232 valence electrons. The first-order valence-corrected chi connectivity index (χ1v) is 12.1. The Hall–Kier alpha value is -5.85. The molecule has 44 heavy (non-hydrogen) atoms. The summed E-state index contributed by atoms with van der Waals surface area (Å²) in [4.78, 5) is 39.4. The number of aliphatic hydroxyl groups excluding tert-OH is 2. The number of fused-ring (bicyclic) bond motifs is 5. The summed E-state index contributed by atoms with van der Waals surface area (Å²) in [5, 5.41) is 112. The SMILES string of the molecule is O=C(OC1OC2OC(=O)c3cc(O)c(O)c(O)c3-c3c(cc(O)c(O)c3O)C(=O)OC(C1O)C2O)c1cc(O)c(O)c(O)c1. The minimum absolute atomic E-state index is 0.500. The Kier molecular flexibility index (Phi) is 7.04. The van der Waals surface area contributed by atoms with Crippen LogP contribution < -0.4 is 0 Å². The highest BCUT2D eigenvalue weighted by atomic mass is 16.8. The van der Waals surface area contributed by atoms with E-state index in [-0.39, 0.29) is 0 Å². The van der Waals surface area contributed by atoms with Gasteiger partial charge in [0, 0.05) is 11.1 Å². The van der Waals surface area contributed by atoms with Gasteiger partial charge < -0.3 is 70.4 Å². The van der Waals surface area contributed by atoms with Crippen LogP contribution in [0.15, 0.2) is 24.3 Å². The van der Waals surface area contributed by atoms with Gasteiger partial charge in [-0.15, -0.1) is 0 Å². The van der Waals surface area contributed by atoms with Crippen LogP contribution in [0.1, 0.15) is 31.1 Å². The molecule has 18 heteroatoms. The van der Waals surface area contributed by atoms with Crippen molar-refractivity contribution in [1.29, 1.82) is 0 Å². The number of carbonyl (C=O) groups excluding carboxylic acids is 3. The molecule has 0 spiro atoms. The first kappa shape index (κ1) is 29.6. The molecular weight excluding hydrogens is 600 g/mol. The van der Waals surface area contributed by atoms with E-state index in [1.165, 1.54) is 0 Å². The molecule has 1 saturated heterocycles. The summed E-state index contributed by atoms with van der Waals surface area (Å²) in [6.45, 7) is 0. The van der Waals surface area contributed by atoms with Crippen LogP contribution in [-0.2, 0) is 18.9 Å². The summed E-state index contributed by atoms with van der Waals surface area (Å²) in [6, 6.07) is 2.33. The van der Waals surface area contributed by atoms with Gasteiger partial charge in [0.25, 0.3) is 0 Å². The van der Waals surface area contributed by atoms with Gasteiger partial charge in [0.15, 0.2) is 58.6 Å². The van der Waals surface area contributed by atoms with Gasteiger partial charge in [0.2, 0.25) is 24.1 Å². The lowest BCUT2D eigenvalue weighted by atomic mass is 9.92.